The zero-order valence-electron chi connectivity index (χ0n) is 11.6. The van der Waals surface area contributed by atoms with E-state index in [2.05, 4.69) is 4.98 Å². The third-order valence-electron chi connectivity index (χ3n) is 3.90. The van der Waals surface area contributed by atoms with E-state index in [0.717, 1.165) is 18.5 Å². The lowest BCUT2D eigenvalue weighted by molar-refractivity contribution is -0.155. The second kappa shape index (κ2) is 5.81. The minimum atomic E-state index is -0.993. The summed E-state index contributed by atoms with van der Waals surface area (Å²) in [6.45, 7) is 0.460. The maximum absolute atomic E-state index is 12.6. The number of hydrogen-bond donors (Lipinski definition) is 1. The van der Waals surface area contributed by atoms with Crippen molar-refractivity contribution in [3.8, 4) is 0 Å². The average Bonchev–Trinajstić information content (AvgIpc) is 3.20. The number of carbonyl (C=O) groups is 2. The molecule has 21 heavy (non-hydrogen) atoms. The molecule has 1 aliphatic heterocycles. The Labute approximate surface area is 122 Å². The van der Waals surface area contributed by atoms with Gasteiger partial charge in [0.05, 0.1) is 12.2 Å². The van der Waals surface area contributed by atoms with Gasteiger partial charge in [0.2, 0.25) is 0 Å². The van der Waals surface area contributed by atoms with Gasteiger partial charge in [0.1, 0.15) is 6.10 Å². The minimum absolute atomic E-state index is 0.105. The number of nitrogens with zero attached hydrogens (tertiary/aromatic N) is 2. The molecule has 0 spiro atoms. The molecular weight excluding hydrogens is 272 g/mol. The highest BCUT2D eigenvalue weighted by Gasteiger charge is 2.41. The maximum atomic E-state index is 12.6. The number of aromatic nitrogens is 1. The molecule has 1 amide bonds. The molecule has 2 atom stereocenters. The second-order valence-corrected chi connectivity index (χ2v) is 5.55. The van der Waals surface area contributed by atoms with Gasteiger partial charge in [-0.15, -0.1) is 0 Å². The van der Waals surface area contributed by atoms with Gasteiger partial charge < -0.3 is 14.7 Å². The molecule has 1 aromatic rings. The zero-order valence-corrected chi connectivity index (χ0v) is 11.6. The zero-order chi connectivity index (χ0) is 14.8. The number of pyridine rings is 1. The summed E-state index contributed by atoms with van der Waals surface area (Å²) >= 11 is 0. The summed E-state index contributed by atoms with van der Waals surface area (Å²) in [5.41, 5.74) is 0.838. The van der Waals surface area contributed by atoms with Crippen LogP contribution in [0.2, 0.25) is 0 Å². The van der Waals surface area contributed by atoms with Crippen LogP contribution in [0, 0.1) is 0 Å². The molecule has 1 N–H and O–H groups in total. The summed E-state index contributed by atoms with van der Waals surface area (Å²) in [5.74, 6) is -1.10. The third-order valence-corrected chi connectivity index (χ3v) is 3.90. The molecule has 1 aliphatic carbocycles. The number of hydrogen-bond acceptors (Lipinski definition) is 4. The van der Waals surface area contributed by atoms with Crippen molar-refractivity contribution >= 4 is 11.9 Å². The molecule has 1 saturated carbocycles. The van der Waals surface area contributed by atoms with E-state index in [0.29, 0.717) is 19.4 Å². The van der Waals surface area contributed by atoms with E-state index < -0.39 is 18.2 Å². The Morgan fingerprint density at radius 2 is 2.00 bits per heavy atom. The van der Waals surface area contributed by atoms with Crippen LogP contribution in [0.3, 0.4) is 0 Å². The van der Waals surface area contributed by atoms with Crippen molar-refractivity contribution in [1.29, 1.82) is 0 Å². The first-order chi connectivity index (χ1) is 10.1. The summed E-state index contributed by atoms with van der Waals surface area (Å²) in [7, 11) is 0. The van der Waals surface area contributed by atoms with Gasteiger partial charge in [0.25, 0.3) is 5.91 Å². The van der Waals surface area contributed by atoms with Crippen molar-refractivity contribution in [1.82, 2.24) is 9.88 Å². The predicted octanol–water partition coefficient (Wildman–Crippen LogP) is 1.20. The highest BCUT2D eigenvalue weighted by molar-refractivity contribution is 5.83. The van der Waals surface area contributed by atoms with Crippen molar-refractivity contribution in [2.75, 3.05) is 0 Å². The summed E-state index contributed by atoms with van der Waals surface area (Å²) in [6, 6.07) is 5.86. The van der Waals surface area contributed by atoms with Crippen LogP contribution in [0.1, 0.15) is 31.4 Å². The van der Waals surface area contributed by atoms with Crippen molar-refractivity contribution in [2.45, 2.75) is 50.5 Å². The Bertz CT molecular complexity index is 530. The normalized spacial score (nSPS) is 24.8. The topological polar surface area (TPSA) is 79.7 Å². The highest BCUT2D eigenvalue weighted by Crippen LogP contribution is 2.31. The van der Waals surface area contributed by atoms with E-state index >= 15 is 0 Å². The molecule has 2 heterocycles. The lowest BCUT2D eigenvalue weighted by Crippen LogP contribution is -2.40. The van der Waals surface area contributed by atoms with Gasteiger partial charge in [0.15, 0.2) is 6.10 Å². The van der Waals surface area contributed by atoms with Crippen LogP contribution in [0.5, 0.6) is 0 Å². The van der Waals surface area contributed by atoms with Crippen LogP contribution in [0.15, 0.2) is 24.4 Å². The monoisotopic (exact) mass is 290 g/mol. The molecule has 3 rings (SSSR count). The van der Waals surface area contributed by atoms with Crippen molar-refractivity contribution in [3.05, 3.63) is 30.1 Å². The SMILES string of the molecule is O=C(O)[C@H]1CC[C@@H](C(=O)N(Cc2ccccn2)C2CC2)O1. The van der Waals surface area contributed by atoms with Crippen molar-refractivity contribution < 1.29 is 19.4 Å². The van der Waals surface area contributed by atoms with E-state index in [9.17, 15) is 9.59 Å². The molecule has 2 fully saturated rings. The summed E-state index contributed by atoms with van der Waals surface area (Å²) < 4.78 is 5.37. The van der Waals surface area contributed by atoms with Gasteiger partial charge in [-0.2, -0.15) is 0 Å². The van der Waals surface area contributed by atoms with Crippen LogP contribution in [0.25, 0.3) is 0 Å². The molecule has 6 heteroatoms. The molecule has 0 unspecified atom stereocenters. The van der Waals surface area contributed by atoms with E-state index in [1.54, 1.807) is 11.1 Å². The fraction of sp³-hybridized carbons (Fsp3) is 0.533. The highest BCUT2D eigenvalue weighted by atomic mass is 16.5. The van der Waals surface area contributed by atoms with Gasteiger partial charge in [0, 0.05) is 12.2 Å². The van der Waals surface area contributed by atoms with E-state index in [1.165, 1.54) is 0 Å². The minimum Gasteiger partial charge on any atom is -0.479 e. The number of ether oxygens (including phenoxy) is 1. The largest absolute Gasteiger partial charge is 0.479 e. The van der Waals surface area contributed by atoms with Gasteiger partial charge >= 0.3 is 5.97 Å². The number of amides is 1. The quantitative estimate of drug-likeness (QED) is 0.881. The second-order valence-electron chi connectivity index (χ2n) is 5.55. The Balaban J connectivity index is 1.67. The number of carboxylic acid groups (broad SMARTS) is 1. The van der Waals surface area contributed by atoms with Gasteiger partial charge in [-0.25, -0.2) is 4.79 Å². The Morgan fingerprint density at radius 1 is 1.24 bits per heavy atom. The standard InChI is InChI=1S/C15H18N2O4/c18-14(12-6-7-13(21-12)15(19)20)17(11-4-5-11)9-10-3-1-2-8-16-10/h1-3,8,11-13H,4-7,9H2,(H,19,20)/t12-,13+/m0/s1. The fourth-order valence-electron chi connectivity index (χ4n) is 2.62. The van der Waals surface area contributed by atoms with Crippen LogP contribution >= 0.6 is 0 Å². The van der Waals surface area contributed by atoms with Crippen LogP contribution in [0.4, 0.5) is 0 Å². The van der Waals surface area contributed by atoms with Gasteiger partial charge in [-0.3, -0.25) is 9.78 Å². The summed E-state index contributed by atoms with van der Waals surface area (Å²) in [5, 5.41) is 8.95. The van der Waals surface area contributed by atoms with E-state index in [1.807, 2.05) is 18.2 Å². The number of aliphatic carboxylic acids is 1. The molecule has 1 saturated heterocycles. The average molecular weight is 290 g/mol. The smallest absolute Gasteiger partial charge is 0.332 e. The molecule has 6 nitrogen and oxygen atoms in total. The molecule has 2 aliphatic rings. The van der Waals surface area contributed by atoms with Crippen LogP contribution < -0.4 is 0 Å². The number of rotatable bonds is 5. The molecule has 0 aromatic carbocycles. The molecule has 0 bridgehead atoms. The van der Waals surface area contributed by atoms with Gasteiger partial charge in [-0.1, -0.05) is 6.07 Å². The molecular formula is C15H18N2O4. The predicted molar refractivity (Wildman–Crippen MR) is 73.3 cm³/mol. The number of carbonyl (C=O) groups excluding carboxylic acids is 1. The summed E-state index contributed by atoms with van der Waals surface area (Å²) in [6.07, 6.45) is 3.08. The van der Waals surface area contributed by atoms with E-state index in [4.69, 9.17) is 9.84 Å². The molecule has 0 radical (unpaired) electrons. The lowest BCUT2D eigenvalue weighted by Gasteiger charge is -2.25. The Kier molecular flexibility index (Phi) is 3.88. The Hall–Kier alpha value is -1.95. The fourth-order valence-corrected chi connectivity index (χ4v) is 2.62. The van der Waals surface area contributed by atoms with Crippen LogP contribution in [-0.2, 0) is 20.9 Å². The maximum Gasteiger partial charge on any atom is 0.332 e. The first-order valence-electron chi connectivity index (χ1n) is 7.24. The summed E-state index contributed by atoms with van der Waals surface area (Å²) in [4.78, 5) is 29.5. The van der Waals surface area contributed by atoms with Crippen LogP contribution in [-0.4, -0.2) is 45.1 Å². The lowest BCUT2D eigenvalue weighted by atomic mass is 10.1. The van der Waals surface area contributed by atoms with Crippen molar-refractivity contribution in [3.63, 3.8) is 0 Å². The first-order valence-corrected chi connectivity index (χ1v) is 7.24. The Morgan fingerprint density at radius 3 is 2.57 bits per heavy atom. The first kappa shape index (κ1) is 14.0. The van der Waals surface area contributed by atoms with Gasteiger partial charge in [-0.05, 0) is 37.8 Å². The van der Waals surface area contributed by atoms with Crippen molar-refractivity contribution in [2.24, 2.45) is 0 Å². The number of carboxylic acids is 1. The third kappa shape index (κ3) is 3.21. The molecule has 1 aromatic heterocycles. The van der Waals surface area contributed by atoms with E-state index in [-0.39, 0.29) is 11.9 Å². The molecule has 112 valence electrons.